The zero-order valence-electron chi connectivity index (χ0n) is 14.0. The number of likely N-dealkylation sites (tertiary alicyclic amines) is 1. The zero-order chi connectivity index (χ0) is 16.6. The number of hydrogen-bond donors (Lipinski definition) is 1. The van der Waals surface area contributed by atoms with E-state index in [1.54, 1.807) is 0 Å². The maximum Gasteiger partial charge on any atom is 0.235 e. The molecule has 1 saturated heterocycles. The molecule has 4 heteroatoms. The number of nitrogens with one attached hydrogen (secondary N) is 1. The van der Waals surface area contributed by atoms with E-state index in [9.17, 15) is 9.59 Å². The minimum atomic E-state index is -0.100. The Morgan fingerprint density at radius 2 is 1.67 bits per heavy atom. The van der Waals surface area contributed by atoms with Crippen LogP contribution in [0.5, 0.6) is 0 Å². The summed E-state index contributed by atoms with van der Waals surface area (Å²) in [4.78, 5) is 27.3. The summed E-state index contributed by atoms with van der Waals surface area (Å²) in [6, 6.07) is 6.06. The quantitative estimate of drug-likeness (QED) is 0.688. The Morgan fingerprint density at radius 3 is 2.29 bits per heavy atom. The molecule has 3 fully saturated rings. The standard InChI is InChI=1S/C20H22N2O2/c1-10-4-3-5-16(11(10)2)21-9-22-19(23)17-12-6-7-13(15-8-14(12)15)18(17)20(22)24/h3-7,12-15,17-18,21H,8-9H2,1-2H3/t12-,13-,14-,15-,17-,18+/m0/s1. The minimum Gasteiger partial charge on any atom is -0.367 e. The molecule has 1 aliphatic heterocycles. The van der Waals surface area contributed by atoms with Crippen LogP contribution in [-0.2, 0) is 9.59 Å². The van der Waals surface area contributed by atoms with Crippen LogP contribution in [0.1, 0.15) is 17.5 Å². The molecule has 2 bridgehead atoms. The molecular formula is C20H22N2O2. The fraction of sp³-hybridized carbons (Fsp3) is 0.500. The van der Waals surface area contributed by atoms with Crippen molar-refractivity contribution in [1.82, 2.24) is 4.90 Å². The van der Waals surface area contributed by atoms with Crippen LogP contribution in [0.2, 0.25) is 0 Å². The van der Waals surface area contributed by atoms with Crippen molar-refractivity contribution in [3.8, 4) is 0 Å². The minimum absolute atomic E-state index is 0.0347. The van der Waals surface area contributed by atoms with Crippen LogP contribution in [0.25, 0.3) is 0 Å². The molecule has 1 aromatic carbocycles. The van der Waals surface area contributed by atoms with Crippen LogP contribution >= 0.6 is 0 Å². The molecule has 6 rings (SSSR count). The molecule has 1 N–H and O–H groups in total. The first-order valence-corrected chi connectivity index (χ1v) is 8.91. The highest BCUT2D eigenvalue weighted by Crippen LogP contribution is 2.65. The summed E-state index contributed by atoms with van der Waals surface area (Å²) in [5, 5.41) is 3.30. The van der Waals surface area contributed by atoms with Crippen LogP contribution in [0.3, 0.4) is 0 Å². The second-order valence-corrected chi connectivity index (χ2v) is 7.84. The van der Waals surface area contributed by atoms with E-state index in [4.69, 9.17) is 0 Å². The number of rotatable bonds is 3. The molecule has 1 aromatic rings. The number of nitrogens with zero attached hydrogens (tertiary/aromatic N) is 1. The summed E-state index contributed by atoms with van der Waals surface area (Å²) in [5.41, 5.74) is 3.36. The number of carbonyl (C=O) groups excluding carboxylic acids is 2. The molecule has 2 amide bonds. The van der Waals surface area contributed by atoms with Crippen molar-refractivity contribution in [2.24, 2.45) is 35.5 Å². The van der Waals surface area contributed by atoms with Crippen molar-refractivity contribution in [3.05, 3.63) is 41.5 Å². The van der Waals surface area contributed by atoms with Gasteiger partial charge in [0.05, 0.1) is 18.5 Å². The first-order valence-electron chi connectivity index (χ1n) is 8.91. The third-order valence-electron chi connectivity index (χ3n) is 6.79. The fourth-order valence-corrected chi connectivity index (χ4v) is 5.28. The lowest BCUT2D eigenvalue weighted by Gasteiger charge is -2.37. The molecule has 6 atom stereocenters. The van der Waals surface area contributed by atoms with E-state index < -0.39 is 0 Å². The van der Waals surface area contributed by atoms with Gasteiger partial charge in [0.2, 0.25) is 11.8 Å². The lowest BCUT2D eigenvalue weighted by Crippen LogP contribution is -2.40. The van der Waals surface area contributed by atoms with Crippen LogP contribution in [-0.4, -0.2) is 23.4 Å². The van der Waals surface area contributed by atoms with Crippen molar-refractivity contribution in [2.45, 2.75) is 20.3 Å². The normalized spacial score (nSPS) is 38.3. The van der Waals surface area contributed by atoms with Crippen LogP contribution in [0.4, 0.5) is 5.69 Å². The molecule has 1 heterocycles. The predicted octanol–water partition coefficient (Wildman–Crippen LogP) is 2.73. The highest BCUT2D eigenvalue weighted by molar-refractivity contribution is 6.06. The number of amides is 2. The molecular weight excluding hydrogens is 300 g/mol. The molecule has 0 aromatic heterocycles. The monoisotopic (exact) mass is 322 g/mol. The third-order valence-corrected chi connectivity index (χ3v) is 6.79. The highest BCUT2D eigenvalue weighted by Gasteiger charge is 2.66. The average Bonchev–Trinajstić information content (AvgIpc) is 3.35. The van der Waals surface area contributed by atoms with E-state index in [-0.39, 0.29) is 30.3 Å². The molecule has 4 nitrogen and oxygen atoms in total. The number of hydrogen-bond acceptors (Lipinski definition) is 3. The van der Waals surface area contributed by atoms with Gasteiger partial charge in [0.25, 0.3) is 0 Å². The first-order chi connectivity index (χ1) is 11.6. The van der Waals surface area contributed by atoms with Crippen LogP contribution < -0.4 is 5.32 Å². The van der Waals surface area contributed by atoms with Gasteiger partial charge in [-0.05, 0) is 61.1 Å². The van der Waals surface area contributed by atoms with Crippen molar-refractivity contribution >= 4 is 17.5 Å². The van der Waals surface area contributed by atoms with Gasteiger partial charge in [0.15, 0.2) is 0 Å². The average molecular weight is 322 g/mol. The number of allylic oxidation sites excluding steroid dienone is 2. The lowest BCUT2D eigenvalue weighted by atomic mass is 9.63. The van der Waals surface area contributed by atoms with Gasteiger partial charge in [-0.25, -0.2) is 0 Å². The maximum absolute atomic E-state index is 12.9. The largest absolute Gasteiger partial charge is 0.367 e. The van der Waals surface area contributed by atoms with Crippen LogP contribution in [0.15, 0.2) is 30.4 Å². The molecule has 0 radical (unpaired) electrons. The van der Waals surface area contributed by atoms with Gasteiger partial charge >= 0.3 is 0 Å². The van der Waals surface area contributed by atoms with Crippen molar-refractivity contribution in [1.29, 1.82) is 0 Å². The smallest absolute Gasteiger partial charge is 0.235 e. The zero-order valence-corrected chi connectivity index (χ0v) is 14.0. The Balaban J connectivity index is 1.38. The molecule has 124 valence electrons. The number of anilines is 1. The van der Waals surface area contributed by atoms with Crippen molar-refractivity contribution in [2.75, 3.05) is 12.0 Å². The predicted molar refractivity (Wildman–Crippen MR) is 91.0 cm³/mol. The molecule has 0 spiro atoms. The Bertz CT molecular complexity index is 748. The summed E-state index contributed by atoms with van der Waals surface area (Å²) < 4.78 is 0. The van der Waals surface area contributed by atoms with Gasteiger partial charge in [-0.15, -0.1) is 0 Å². The molecule has 5 aliphatic rings. The van der Waals surface area contributed by atoms with Crippen molar-refractivity contribution < 1.29 is 9.59 Å². The first kappa shape index (κ1) is 14.3. The fourth-order valence-electron chi connectivity index (χ4n) is 5.28. The Kier molecular flexibility index (Phi) is 2.80. The molecule has 0 unspecified atom stereocenters. The number of imide groups is 1. The Morgan fingerprint density at radius 1 is 1.04 bits per heavy atom. The second kappa shape index (κ2) is 4.71. The molecule has 24 heavy (non-hydrogen) atoms. The summed E-state index contributed by atoms with van der Waals surface area (Å²) in [6.07, 6.45) is 5.64. The summed E-state index contributed by atoms with van der Waals surface area (Å²) >= 11 is 0. The van der Waals surface area contributed by atoms with Gasteiger partial charge in [-0.1, -0.05) is 24.3 Å². The van der Waals surface area contributed by atoms with Crippen molar-refractivity contribution in [3.63, 3.8) is 0 Å². The molecule has 4 aliphatic carbocycles. The SMILES string of the molecule is Cc1cccc(NCN2C(=O)[C@@H]3[C@H]4C=C[C@@H]([C@@H]5C[C@@H]45)[C@@H]3C2=O)c1C. The summed E-state index contributed by atoms with van der Waals surface area (Å²) in [6.45, 7) is 4.41. The number of carbonyl (C=O) groups is 2. The number of aryl methyl sites for hydroxylation is 1. The summed E-state index contributed by atoms with van der Waals surface area (Å²) in [5.74, 6) is 1.78. The van der Waals surface area contributed by atoms with E-state index >= 15 is 0 Å². The second-order valence-electron chi connectivity index (χ2n) is 7.84. The third kappa shape index (κ3) is 1.74. The van der Waals surface area contributed by atoms with E-state index in [1.165, 1.54) is 16.9 Å². The van der Waals surface area contributed by atoms with Gasteiger partial charge < -0.3 is 5.32 Å². The Hall–Kier alpha value is -2.10. The topological polar surface area (TPSA) is 49.4 Å². The van der Waals surface area contributed by atoms with E-state index in [2.05, 4.69) is 37.4 Å². The maximum atomic E-state index is 12.9. The Labute approximate surface area is 141 Å². The highest BCUT2D eigenvalue weighted by atomic mass is 16.2. The van der Waals surface area contributed by atoms with Gasteiger partial charge in [-0.3, -0.25) is 14.5 Å². The lowest BCUT2D eigenvalue weighted by molar-refractivity contribution is -0.139. The number of benzene rings is 1. The van der Waals surface area contributed by atoms with Gasteiger partial charge in [0.1, 0.15) is 0 Å². The van der Waals surface area contributed by atoms with E-state index in [1.807, 2.05) is 12.1 Å². The summed E-state index contributed by atoms with van der Waals surface area (Å²) in [7, 11) is 0. The van der Waals surface area contributed by atoms with Gasteiger partial charge in [-0.2, -0.15) is 0 Å². The molecule has 2 saturated carbocycles. The van der Waals surface area contributed by atoms with E-state index in [0.717, 1.165) is 11.3 Å². The van der Waals surface area contributed by atoms with E-state index in [0.29, 0.717) is 23.7 Å². The van der Waals surface area contributed by atoms with Crippen LogP contribution in [0, 0.1) is 49.4 Å². The van der Waals surface area contributed by atoms with Gasteiger partial charge in [0, 0.05) is 5.69 Å².